The molecule has 0 spiro atoms. The number of halogens is 2. The van der Waals surface area contributed by atoms with Crippen molar-refractivity contribution in [2.45, 2.75) is 37.9 Å². The molecule has 1 aromatic carbocycles. The third-order valence-corrected chi connectivity index (χ3v) is 4.18. The highest BCUT2D eigenvalue weighted by Crippen LogP contribution is 2.30. The van der Waals surface area contributed by atoms with Crippen molar-refractivity contribution in [2.24, 2.45) is 0 Å². The molecular weight excluding hydrogens is 277 g/mol. The van der Waals surface area contributed by atoms with E-state index in [0.717, 1.165) is 12.8 Å². The summed E-state index contributed by atoms with van der Waals surface area (Å²) < 4.78 is 15.8. The van der Waals surface area contributed by atoms with Crippen LogP contribution in [0.2, 0.25) is 5.02 Å². The van der Waals surface area contributed by atoms with Crippen LogP contribution in [0.1, 0.15) is 30.9 Å². The molecule has 0 aliphatic heterocycles. The fraction of sp³-hybridized carbons (Fsp3) is 0.400. The topological polar surface area (TPSA) is 29.9 Å². The number of imidazole rings is 1. The third-order valence-electron chi connectivity index (χ3n) is 3.95. The van der Waals surface area contributed by atoms with Gasteiger partial charge in [-0.1, -0.05) is 11.6 Å². The molecule has 1 aliphatic rings. The summed E-state index contributed by atoms with van der Waals surface area (Å²) in [6.45, 7) is 0.502. The summed E-state index contributed by atoms with van der Waals surface area (Å²) in [6.07, 6.45) is 9.05. The van der Waals surface area contributed by atoms with Crippen molar-refractivity contribution >= 4 is 11.6 Å². The maximum absolute atomic E-state index is 13.7. The lowest BCUT2D eigenvalue weighted by Crippen LogP contribution is -2.33. The molecule has 106 valence electrons. The predicted octanol–water partition coefficient (Wildman–Crippen LogP) is 3.56. The Hall–Kier alpha value is -1.39. The highest BCUT2D eigenvalue weighted by Gasteiger charge is 2.27. The first-order valence-electron chi connectivity index (χ1n) is 6.89. The Morgan fingerprint density at radius 3 is 3.10 bits per heavy atom. The van der Waals surface area contributed by atoms with Crippen molar-refractivity contribution in [1.29, 1.82) is 0 Å². The first kappa shape index (κ1) is 13.6. The van der Waals surface area contributed by atoms with E-state index in [1.165, 1.54) is 12.5 Å². The highest BCUT2D eigenvalue weighted by atomic mass is 35.5. The van der Waals surface area contributed by atoms with Crippen molar-refractivity contribution in [2.75, 3.05) is 0 Å². The van der Waals surface area contributed by atoms with E-state index < -0.39 is 0 Å². The van der Waals surface area contributed by atoms with Gasteiger partial charge in [-0.05, 0) is 37.5 Å². The van der Waals surface area contributed by atoms with Crippen LogP contribution in [0.4, 0.5) is 4.39 Å². The van der Waals surface area contributed by atoms with Crippen molar-refractivity contribution in [3.63, 3.8) is 0 Å². The molecular formula is C15H17ClFN3. The van der Waals surface area contributed by atoms with Crippen LogP contribution in [-0.4, -0.2) is 15.6 Å². The fourth-order valence-electron chi connectivity index (χ4n) is 2.92. The van der Waals surface area contributed by atoms with Crippen molar-refractivity contribution < 1.29 is 4.39 Å². The summed E-state index contributed by atoms with van der Waals surface area (Å²) in [4.78, 5) is 4.10. The smallest absolute Gasteiger partial charge is 0.127 e. The SMILES string of the molecule is Fc1ccc(Cl)cc1CNC1CCCC1n1ccnc1. The number of hydrogen-bond donors (Lipinski definition) is 1. The Labute approximate surface area is 122 Å². The van der Waals surface area contributed by atoms with E-state index in [1.54, 1.807) is 18.3 Å². The molecule has 2 aromatic rings. The van der Waals surface area contributed by atoms with E-state index in [2.05, 4.69) is 14.9 Å². The van der Waals surface area contributed by atoms with E-state index in [4.69, 9.17) is 11.6 Å². The zero-order valence-corrected chi connectivity index (χ0v) is 11.9. The van der Waals surface area contributed by atoms with Gasteiger partial charge in [-0.2, -0.15) is 0 Å². The molecule has 1 aromatic heterocycles. The van der Waals surface area contributed by atoms with Gasteiger partial charge in [-0.3, -0.25) is 0 Å². The number of benzene rings is 1. The van der Waals surface area contributed by atoms with Crippen LogP contribution in [0.25, 0.3) is 0 Å². The first-order chi connectivity index (χ1) is 9.74. The summed E-state index contributed by atoms with van der Waals surface area (Å²) in [5.74, 6) is -0.209. The van der Waals surface area contributed by atoms with Gasteiger partial charge in [0.1, 0.15) is 5.82 Å². The minimum absolute atomic E-state index is 0.209. The quantitative estimate of drug-likeness (QED) is 0.934. The monoisotopic (exact) mass is 293 g/mol. The molecule has 20 heavy (non-hydrogen) atoms. The van der Waals surface area contributed by atoms with Crippen LogP contribution in [-0.2, 0) is 6.54 Å². The molecule has 0 bridgehead atoms. The molecule has 1 N–H and O–H groups in total. The summed E-state index contributed by atoms with van der Waals surface area (Å²) in [6, 6.07) is 5.43. The fourth-order valence-corrected chi connectivity index (χ4v) is 3.12. The molecule has 1 saturated carbocycles. The second-order valence-corrected chi connectivity index (χ2v) is 5.67. The average Bonchev–Trinajstić information content (AvgIpc) is 3.09. The second-order valence-electron chi connectivity index (χ2n) is 5.23. The van der Waals surface area contributed by atoms with Crippen molar-refractivity contribution in [3.05, 3.63) is 53.3 Å². The van der Waals surface area contributed by atoms with Crippen molar-refractivity contribution in [1.82, 2.24) is 14.9 Å². The van der Waals surface area contributed by atoms with E-state index in [9.17, 15) is 4.39 Å². The van der Waals surface area contributed by atoms with E-state index in [0.29, 0.717) is 29.2 Å². The highest BCUT2D eigenvalue weighted by molar-refractivity contribution is 6.30. The molecule has 3 rings (SSSR count). The molecule has 0 amide bonds. The van der Waals surface area contributed by atoms with Gasteiger partial charge in [0.2, 0.25) is 0 Å². The first-order valence-corrected chi connectivity index (χ1v) is 7.26. The maximum atomic E-state index is 13.7. The minimum Gasteiger partial charge on any atom is -0.333 e. The molecule has 2 unspecified atom stereocenters. The molecule has 0 radical (unpaired) electrons. The van der Waals surface area contributed by atoms with E-state index in [1.807, 2.05) is 12.5 Å². The van der Waals surface area contributed by atoms with Gasteiger partial charge in [-0.15, -0.1) is 0 Å². The van der Waals surface area contributed by atoms with Crippen LogP contribution in [0, 0.1) is 5.82 Å². The zero-order valence-electron chi connectivity index (χ0n) is 11.1. The van der Waals surface area contributed by atoms with Crippen LogP contribution in [0.5, 0.6) is 0 Å². The van der Waals surface area contributed by atoms with Gasteiger partial charge in [0.05, 0.1) is 6.33 Å². The van der Waals surface area contributed by atoms with Gasteiger partial charge in [0.25, 0.3) is 0 Å². The van der Waals surface area contributed by atoms with Crippen LogP contribution >= 0.6 is 11.6 Å². The van der Waals surface area contributed by atoms with Gasteiger partial charge in [0, 0.05) is 41.6 Å². The molecule has 5 heteroatoms. The molecule has 1 aliphatic carbocycles. The minimum atomic E-state index is -0.209. The van der Waals surface area contributed by atoms with Gasteiger partial charge < -0.3 is 9.88 Å². The molecule has 0 saturated heterocycles. The number of nitrogens with zero attached hydrogens (tertiary/aromatic N) is 2. The Morgan fingerprint density at radius 1 is 1.40 bits per heavy atom. The average molecular weight is 294 g/mol. The lowest BCUT2D eigenvalue weighted by atomic mass is 10.1. The van der Waals surface area contributed by atoms with Crippen LogP contribution < -0.4 is 5.32 Å². The summed E-state index contributed by atoms with van der Waals surface area (Å²) in [7, 11) is 0. The summed E-state index contributed by atoms with van der Waals surface area (Å²) in [5.41, 5.74) is 0.619. The molecule has 1 fully saturated rings. The van der Waals surface area contributed by atoms with Gasteiger partial charge >= 0.3 is 0 Å². The third kappa shape index (κ3) is 2.86. The zero-order chi connectivity index (χ0) is 13.9. The number of aromatic nitrogens is 2. The standard InChI is InChI=1S/C15H17ClFN3/c16-12-4-5-13(17)11(8-12)9-19-14-2-1-3-15(14)20-7-6-18-10-20/h4-8,10,14-15,19H,1-3,9H2. The lowest BCUT2D eigenvalue weighted by molar-refractivity contribution is 0.388. The lowest BCUT2D eigenvalue weighted by Gasteiger charge is -2.22. The van der Waals surface area contributed by atoms with Crippen LogP contribution in [0.3, 0.4) is 0 Å². The van der Waals surface area contributed by atoms with Crippen LogP contribution in [0.15, 0.2) is 36.9 Å². The Morgan fingerprint density at radius 2 is 2.30 bits per heavy atom. The number of nitrogens with one attached hydrogen (secondary N) is 1. The number of rotatable bonds is 4. The van der Waals surface area contributed by atoms with Crippen molar-refractivity contribution in [3.8, 4) is 0 Å². The normalized spacial score (nSPS) is 22.3. The molecule has 1 heterocycles. The van der Waals surface area contributed by atoms with E-state index in [-0.39, 0.29) is 5.82 Å². The largest absolute Gasteiger partial charge is 0.333 e. The summed E-state index contributed by atoms with van der Waals surface area (Å²) >= 11 is 5.92. The number of hydrogen-bond acceptors (Lipinski definition) is 2. The van der Waals surface area contributed by atoms with Gasteiger partial charge in [-0.25, -0.2) is 9.37 Å². The Balaban J connectivity index is 1.67. The van der Waals surface area contributed by atoms with Gasteiger partial charge in [0.15, 0.2) is 0 Å². The second kappa shape index (κ2) is 5.94. The molecule has 3 nitrogen and oxygen atoms in total. The molecule has 2 atom stereocenters. The van der Waals surface area contributed by atoms with E-state index >= 15 is 0 Å². The maximum Gasteiger partial charge on any atom is 0.127 e. The summed E-state index contributed by atoms with van der Waals surface area (Å²) in [5, 5.41) is 4.03. The predicted molar refractivity (Wildman–Crippen MR) is 77.2 cm³/mol. The Kier molecular flexibility index (Phi) is 4.03. The Bertz CT molecular complexity index is 571.